The van der Waals surface area contributed by atoms with Crippen molar-refractivity contribution in [2.75, 3.05) is 5.75 Å². The average molecular weight is 239 g/mol. The zero-order valence-corrected chi connectivity index (χ0v) is 9.42. The van der Waals surface area contributed by atoms with Crippen molar-refractivity contribution < 1.29 is 14.3 Å². The van der Waals surface area contributed by atoms with Crippen LogP contribution in [0.4, 0.5) is 4.39 Å². The van der Waals surface area contributed by atoms with Crippen molar-refractivity contribution >= 4 is 22.8 Å². The van der Waals surface area contributed by atoms with E-state index in [1.165, 1.54) is 23.9 Å². The van der Waals surface area contributed by atoms with Gasteiger partial charge in [-0.2, -0.15) is 0 Å². The highest BCUT2D eigenvalue weighted by Crippen LogP contribution is 2.24. The van der Waals surface area contributed by atoms with E-state index in [1.54, 1.807) is 13.0 Å². The van der Waals surface area contributed by atoms with Gasteiger partial charge in [-0.05, 0) is 30.7 Å². The first kappa shape index (κ1) is 11.1. The minimum Gasteiger partial charge on any atom is -0.480 e. The lowest BCUT2D eigenvalue weighted by Gasteiger charge is -2.01. The Morgan fingerprint density at radius 1 is 1.56 bits per heavy atom. The number of carbonyl (C=O) groups is 1. The van der Waals surface area contributed by atoms with Crippen LogP contribution < -0.4 is 0 Å². The van der Waals surface area contributed by atoms with Crippen LogP contribution >= 0.6 is 11.8 Å². The van der Waals surface area contributed by atoms with E-state index in [0.717, 1.165) is 5.56 Å². The molecular formula is C11H10FNO2S. The monoisotopic (exact) mass is 239 g/mol. The second-order valence-corrected chi connectivity index (χ2v) is 4.63. The summed E-state index contributed by atoms with van der Waals surface area (Å²) in [6.07, 6.45) is 0. The fourth-order valence-corrected chi connectivity index (χ4v) is 2.54. The smallest absolute Gasteiger partial charge is 0.329 e. The molecule has 1 aromatic rings. The third kappa shape index (κ3) is 2.24. The minimum atomic E-state index is -0.935. The van der Waals surface area contributed by atoms with Crippen molar-refractivity contribution in [1.29, 1.82) is 0 Å². The number of hydrogen-bond donors (Lipinski definition) is 1. The predicted octanol–water partition coefficient (Wildman–Crippen LogP) is 2.08. The number of nitrogens with zero attached hydrogens (tertiary/aromatic N) is 1. The number of aliphatic imine (C=N–C) groups is 1. The molecule has 0 spiro atoms. The standard InChI is InChI=1S/C11H10FNO2S/c1-6-2-7(4-8(12)3-6)10-13-9(5-16-10)11(14)15/h2-4,9H,5H2,1H3,(H,14,15). The molecule has 1 aliphatic heterocycles. The Morgan fingerprint density at radius 2 is 2.31 bits per heavy atom. The summed E-state index contributed by atoms with van der Waals surface area (Å²) in [7, 11) is 0. The second kappa shape index (κ2) is 4.25. The summed E-state index contributed by atoms with van der Waals surface area (Å²) in [6.45, 7) is 1.79. The first-order valence-corrected chi connectivity index (χ1v) is 5.76. The highest BCUT2D eigenvalue weighted by molar-refractivity contribution is 8.14. The first-order chi connectivity index (χ1) is 7.56. The van der Waals surface area contributed by atoms with Crippen LogP contribution in [0, 0.1) is 12.7 Å². The van der Waals surface area contributed by atoms with Crippen molar-refractivity contribution in [2.24, 2.45) is 4.99 Å². The highest BCUT2D eigenvalue weighted by Gasteiger charge is 2.25. The third-order valence-electron chi connectivity index (χ3n) is 2.23. The lowest BCUT2D eigenvalue weighted by Crippen LogP contribution is -2.17. The zero-order valence-electron chi connectivity index (χ0n) is 8.61. The summed E-state index contributed by atoms with van der Waals surface area (Å²) in [6, 6.07) is 3.91. The Hall–Kier alpha value is -1.36. The molecule has 2 rings (SSSR count). The molecular weight excluding hydrogens is 229 g/mol. The van der Waals surface area contributed by atoms with Crippen molar-refractivity contribution in [3.63, 3.8) is 0 Å². The zero-order chi connectivity index (χ0) is 11.7. The van der Waals surface area contributed by atoms with Crippen LogP contribution in [-0.2, 0) is 4.79 Å². The van der Waals surface area contributed by atoms with Gasteiger partial charge in [0.2, 0.25) is 0 Å². The molecule has 0 aliphatic carbocycles. The normalized spacial score (nSPS) is 19.6. The van der Waals surface area contributed by atoms with E-state index in [2.05, 4.69) is 4.99 Å². The molecule has 0 amide bonds. The highest BCUT2D eigenvalue weighted by atomic mass is 32.2. The van der Waals surface area contributed by atoms with E-state index in [1.807, 2.05) is 0 Å². The molecule has 1 N–H and O–H groups in total. The summed E-state index contributed by atoms with van der Waals surface area (Å²) in [4.78, 5) is 14.8. The van der Waals surface area contributed by atoms with E-state index in [-0.39, 0.29) is 5.82 Å². The molecule has 3 nitrogen and oxygen atoms in total. The van der Waals surface area contributed by atoms with Crippen LogP contribution in [0.5, 0.6) is 0 Å². The summed E-state index contributed by atoms with van der Waals surface area (Å²) < 4.78 is 13.2. The summed E-state index contributed by atoms with van der Waals surface area (Å²) in [5, 5.41) is 9.40. The maximum atomic E-state index is 13.2. The Balaban J connectivity index is 2.32. The van der Waals surface area contributed by atoms with Gasteiger partial charge in [-0.1, -0.05) is 0 Å². The fraction of sp³-hybridized carbons (Fsp3) is 0.273. The van der Waals surface area contributed by atoms with Crippen molar-refractivity contribution in [2.45, 2.75) is 13.0 Å². The maximum Gasteiger partial charge on any atom is 0.329 e. The minimum absolute atomic E-state index is 0.322. The number of rotatable bonds is 2. The van der Waals surface area contributed by atoms with E-state index in [4.69, 9.17) is 5.11 Å². The van der Waals surface area contributed by atoms with E-state index >= 15 is 0 Å². The quantitative estimate of drug-likeness (QED) is 0.859. The van der Waals surface area contributed by atoms with E-state index in [0.29, 0.717) is 16.4 Å². The van der Waals surface area contributed by atoms with Gasteiger partial charge >= 0.3 is 5.97 Å². The van der Waals surface area contributed by atoms with Gasteiger partial charge in [-0.15, -0.1) is 11.8 Å². The van der Waals surface area contributed by atoms with Gasteiger partial charge in [0.05, 0.1) is 5.04 Å². The maximum absolute atomic E-state index is 13.2. The van der Waals surface area contributed by atoms with Crippen LogP contribution in [0.15, 0.2) is 23.2 Å². The van der Waals surface area contributed by atoms with Crippen molar-refractivity contribution in [3.8, 4) is 0 Å². The number of halogens is 1. The van der Waals surface area contributed by atoms with Gasteiger partial charge in [0.15, 0.2) is 6.04 Å². The Labute approximate surface area is 96.4 Å². The number of carboxylic acid groups (broad SMARTS) is 1. The molecule has 1 atom stereocenters. The summed E-state index contributed by atoms with van der Waals surface area (Å²) in [5.74, 6) is -0.840. The Kier molecular flexibility index (Phi) is 2.96. The van der Waals surface area contributed by atoms with Gasteiger partial charge in [-0.3, -0.25) is 4.99 Å². The number of carboxylic acids is 1. The first-order valence-electron chi connectivity index (χ1n) is 4.77. The Bertz CT molecular complexity index is 453. The number of hydrogen-bond acceptors (Lipinski definition) is 3. The molecule has 16 heavy (non-hydrogen) atoms. The fourth-order valence-electron chi connectivity index (χ4n) is 1.52. The molecule has 0 saturated carbocycles. The van der Waals surface area contributed by atoms with Gasteiger partial charge in [0.25, 0.3) is 0 Å². The number of thioether (sulfide) groups is 1. The van der Waals surface area contributed by atoms with Crippen LogP contribution in [0.1, 0.15) is 11.1 Å². The second-order valence-electron chi connectivity index (χ2n) is 3.62. The molecule has 0 fully saturated rings. The third-order valence-corrected chi connectivity index (χ3v) is 3.32. The van der Waals surface area contributed by atoms with Crippen molar-refractivity contribution in [3.05, 3.63) is 35.1 Å². The van der Waals surface area contributed by atoms with E-state index < -0.39 is 12.0 Å². The van der Waals surface area contributed by atoms with Crippen LogP contribution in [0.3, 0.4) is 0 Å². The lowest BCUT2D eigenvalue weighted by molar-refractivity contribution is -0.137. The number of aliphatic carboxylic acids is 1. The van der Waals surface area contributed by atoms with Gasteiger partial charge in [-0.25, -0.2) is 9.18 Å². The number of benzene rings is 1. The topological polar surface area (TPSA) is 49.7 Å². The van der Waals surface area contributed by atoms with Crippen LogP contribution in [0.25, 0.3) is 0 Å². The molecule has 1 heterocycles. The molecule has 1 aliphatic rings. The largest absolute Gasteiger partial charge is 0.480 e. The molecule has 0 saturated heterocycles. The molecule has 0 radical (unpaired) electrons. The summed E-state index contributed by atoms with van der Waals surface area (Å²) >= 11 is 1.35. The number of aryl methyl sites for hydroxylation is 1. The molecule has 1 unspecified atom stereocenters. The van der Waals surface area contributed by atoms with Crippen molar-refractivity contribution in [1.82, 2.24) is 0 Å². The molecule has 84 valence electrons. The molecule has 5 heteroatoms. The van der Waals surface area contributed by atoms with Gasteiger partial charge < -0.3 is 5.11 Å². The molecule has 0 bridgehead atoms. The molecule has 1 aromatic carbocycles. The predicted molar refractivity (Wildman–Crippen MR) is 61.6 cm³/mol. The lowest BCUT2D eigenvalue weighted by atomic mass is 10.1. The summed E-state index contributed by atoms with van der Waals surface area (Å²) in [5.41, 5.74) is 1.46. The Morgan fingerprint density at radius 3 is 2.88 bits per heavy atom. The van der Waals surface area contributed by atoms with Crippen LogP contribution in [-0.4, -0.2) is 27.9 Å². The SMILES string of the molecule is Cc1cc(F)cc(C2=NC(C(=O)O)CS2)c1. The van der Waals surface area contributed by atoms with Gasteiger partial charge in [0.1, 0.15) is 5.82 Å². The average Bonchev–Trinajstić information content (AvgIpc) is 2.64. The van der Waals surface area contributed by atoms with Crippen LogP contribution in [0.2, 0.25) is 0 Å². The van der Waals surface area contributed by atoms with E-state index in [9.17, 15) is 9.18 Å². The molecule has 0 aromatic heterocycles. The van der Waals surface area contributed by atoms with Gasteiger partial charge in [0, 0.05) is 11.3 Å².